The normalized spacial score (nSPS) is 12.8. The second-order valence-electron chi connectivity index (χ2n) is 7.84. The lowest BCUT2D eigenvalue weighted by Gasteiger charge is -2.32. The smallest absolute Gasteiger partial charge is 0.298 e. The number of primary amides is 1. The van der Waals surface area contributed by atoms with Gasteiger partial charge in [-0.05, 0) is 55.9 Å². The summed E-state index contributed by atoms with van der Waals surface area (Å²) in [7, 11) is 0. The van der Waals surface area contributed by atoms with E-state index in [1.165, 1.54) is 11.0 Å². The van der Waals surface area contributed by atoms with Crippen molar-refractivity contribution in [1.82, 2.24) is 14.9 Å². The number of ether oxygens (including phenoxy) is 1. The van der Waals surface area contributed by atoms with E-state index in [0.717, 1.165) is 35.8 Å². The Morgan fingerprint density at radius 3 is 2.69 bits per heavy atom. The Kier molecular flexibility index (Phi) is 9.04. The summed E-state index contributed by atoms with van der Waals surface area (Å²) < 4.78 is 7.21. The lowest BCUT2D eigenvalue weighted by molar-refractivity contribution is 0.100. The Labute approximate surface area is 214 Å². The van der Waals surface area contributed by atoms with Crippen molar-refractivity contribution in [3.8, 4) is 11.4 Å². The van der Waals surface area contributed by atoms with Gasteiger partial charge in [0.15, 0.2) is 5.82 Å². The number of allylic oxidation sites excluding steroid dienone is 3. The third-order valence-corrected chi connectivity index (χ3v) is 6.40. The van der Waals surface area contributed by atoms with Gasteiger partial charge in [0.2, 0.25) is 0 Å². The average molecular weight is 509 g/mol. The van der Waals surface area contributed by atoms with E-state index in [1.807, 2.05) is 17.0 Å². The van der Waals surface area contributed by atoms with Gasteiger partial charge in [0.25, 0.3) is 11.5 Å². The highest BCUT2D eigenvalue weighted by Gasteiger charge is 2.22. The first-order valence-corrected chi connectivity index (χ1v) is 12.5. The minimum Gasteiger partial charge on any atom is -0.490 e. The molecule has 9 nitrogen and oxygen atoms in total. The molecule has 0 radical (unpaired) electrons. The fourth-order valence-electron chi connectivity index (χ4n) is 3.73. The van der Waals surface area contributed by atoms with Gasteiger partial charge in [-0.1, -0.05) is 33.1 Å². The van der Waals surface area contributed by atoms with Gasteiger partial charge < -0.3 is 26.4 Å². The van der Waals surface area contributed by atoms with Gasteiger partial charge >= 0.3 is 0 Å². The van der Waals surface area contributed by atoms with Crippen LogP contribution in [0.4, 0.5) is 11.5 Å². The SMILES string of the molecule is C=C/C=C(\C=C)N1CCOc2ccc(-n3c(=O)c(N)nc4sc(C(N)=O)cc43)cc21.CCCNCC. The van der Waals surface area contributed by atoms with Crippen LogP contribution < -0.4 is 32.0 Å². The number of fused-ring (bicyclic) bond motifs is 2. The van der Waals surface area contributed by atoms with E-state index in [9.17, 15) is 9.59 Å². The Hall–Kier alpha value is -3.89. The van der Waals surface area contributed by atoms with Crippen molar-refractivity contribution in [2.75, 3.05) is 36.9 Å². The number of thiophene rings is 1. The zero-order valence-electron chi connectivity index (χ0n) is 20.6. The lowest BCUT2D eigenvalue weighted by atomic mass is 10.1. The molecule has 10 heteroatoms. The van der Waals surface area contributed by atoms with Crippen molar-refractivity contribution in [1.29, 1.82) is 0 Å². The lowest BCUT2D eigenvalue weighted by Crippen LogP contribution is -2.32. The Bertz CT molecular complexity index is 1350. The maximum Gasteiger partial charge on any atom is 0.298 e. The second-order valence-corrected chi connectivity index (χ2v) is 8.87. The summed E-state index contributed by atoms with van der Waals surface area (Å²) in [5.74, 6) is -0.0772. The van der Waals surface area contributed by atoms with Gasteiger partial charge in [-0.25, -0.2) is 4.98 Å². The summed E-state index contributed by atoms with van der Waals surface area (Å²) in [6.45, 7) is 15.3. The van der Waals surface area contributed by atoms with E-state index < -0.39 is 11.5 Å². The number of benzene rings is 1. The van der Waals surface area contributed by atoms with Crippen molar-refractivity contribution in [3.05, 3.63) is 76.6 Å². The monoisotopic (exact) mass is 508 g/mol. The molecule has 3 heterocycles. The first-order chi connectivity index (χ1) is 17.4. The number of aromatic nitrogens is 2. The molecule has 1 aliphatic heterocycles. The van der Waals surface area contributed by atoms with Gasteiger partial charge in [0, 0.05) is 5.70 Å². The number of carbonyl (C=O) groups is 1. The van der Waals surface area contributed by atoms with Crippen LogP contribution in [-0.4, -0.2) is 41.7 Å². The topological polar surface area (TPSA) is 128 Å². The van der Waals surface area contributed by atoms with E-state index in [1.54, 1.807) is 30.4 Å². The molecular formula is C26H32N6O3S. The number of carbonyl (C=O) groups excluding carboxylic acids is 1. The molecule has 0 atom stereocenters. The molecule has 4 rings (SSSR count). The van der Waals surface area contributed by atoms with Gasteiger partial charge in [0.1, 0.15) is 17.2 Å². The van der Waals surface area contributed by atoms with Crippen molar-refractivity contribution in [2.24, 2.45) is 5.73 Å². The van der Waals surface area contributed by atoms with Crippen molar-refractivity contribution in [3.63, 3.8) is 0 Å². The van der Waals surface area contributed by atoms with E-state index in [2.05, 4.69) is 37.3 Å². The predicted molar refractivity (Wildman–Crippen MR) is 148 cm³/mol. The minimum atomic E-state index is -0.592. The number of rotatable bonds is 8. The molecule has 0 spiro atoms. The van der Waals surface area contributed by atoms with Crippen LogP contribution in [0.2, 0.25) is 0 Å². The fourth-order valence-corrected chi connectivity index (χ4v) is 4.61. The maximum absolute atomic E-state index is 12.9. The van der Waals surface area contributed by atoms with Gasteiger partial charge in [0.05, 0.1) is 28.3 Å². The zero-order valence-corrected chi connectivity index (χ0v) is 21.4. The van der Waals surface area contributed by atoms with Crippen LogP contribution in [0.25, 0.3) is 16.0 Å². The highest BCUT2D eigenvalue weighted by molar-refractivity contribution is 7.20. The maximum atomic E-state index is 12.9. The number of nitrogens with zero attached hydrogens (tertiary/aromatic N) is 3. The third kappa shape index (κ3) is 5.67. The summed E-state index contributed by atoms with van der Waals surface area (Å²) in [5.41, 5.74) is 13.4. The average Bonchev–Trinajstić information content (AvgIpc) is 3.30. The molecule has 1 aliphatic rings. The molecule has 5 N–H and O–H groups in total. The Morgan fingerprint density at radius 2 is 2.08 bits per heavy atom. The number of amides is 1. The van der Waals surface area contributed by atoms with E-state index in [4.69, 9.17) is 16.2 Å². The Balaban J connectivity index is 0.000000538. The van der Waals surface area contributed by atoms with Crippen LogP contribution in [0, 0.1) is 0 Å². The highest BCUT2D eigenvalue weighted by atomic mass is 32.1. The molecule has 36 heavy (non-hydrogen) atoms. The van der Waals surface area contributed by atoms with Crippen LogP contribution in [0.1, 0.15) is 29.9 Å². The van der Waals surface area contributed by atoms with Crippen LogP contribution >= 0.6 is 11.3 Å². The van der Waals surface area contributed by atoms with Crippen molar-refractivity contribution in [2.45, 2.75) is 20.3 Å². The summed E-state index contributed by atoms with van der Waals surface area (Å²) in [6, 6.07) is 6.93. The fraction of sp³-hybridized carbons (Fsp3) is 0.269. The first-order valence-electron chi connectivity index (χ1n) is 11.7. The van der Waals surface area contributed by atoms with Crippen molar-refractivity contribution < 1.29 is 9.53 Å². The number of nitrogen functional groups attached to an aromatic ring is 1. The number of hydrogen-bond acceptors (Lipinski definition) is 8. The van der Waals surface area contributed by atoms with Crippen molar-refractivity contribution >= 4 is 39.1 Å². The standard InChI is InChI=1S/C21H19N5O3S.C5H13N/c1-3-5-12(4-2)25-8-9-29-16-7-6-13(10-14(16)25)26-15-11-17(19(23)27)30-20(15)24-18(22)21(26)28;1-3-5-6-4-2/h3-7,10-11H,1-2,8-9H2,(H2,22,24)(H2,23,27);6H,3-5H2,1-2H3/b12-5+;. The summed E-state index contributed by atoms with van der Waals surface area (Å²) >= 11 is 1.09. The summed E-state index contributed by atoms with van der Waals surface area (Å²) in [6.07, 6.45) is 6.51. The number of hydrogen-bond donors (Lipinski definition) is 3. The predicted octanol–water partition coefficient (Wildman–Crippen LogP) is 3.59. The molecule has 1 aromatic carbocycles. The van der Waals surface area contributed by atoms with Gasteiger partial charge in [-0.3, -0.25) is 14.2 Å². The molecule has 2 aromatic heterocycles. The first kappa shape index (κ1) is 26.7. The molecule has 0 saturated carbocycles. The van der Waals surface area contributed by atoms with E-state index in [-0.39, 0.29) is 5.82 Å². The molecule has 0 bridgehead atoms. The molecule has 0 fully saturated rings. The summed E-state index contributed by atoms with van der Waals surface area (Å²) in [5, 5.41) is 3.20. The van der Waals surface area contributed by atoms with Crippen LogP contribution in [0.15, 0.2) is 66.1 Å². The molecule has 1 amide bonds. The van der Waals surface area contributed by atoms with Gasteiger partial charge in [-0.2, -0.15) is 0 Å². The molecule has 0 aliphatic carbocycles. The zero-order chi connectivity index (χ0) is 26.2. The Morgan fingerprint density at radius 1 is 1.31 bits per heavy atom. The highest BCUT2D eigenvalue weighted by Crippen LogP contribution is 2.36. The van der Waals surface area contributed by atoms with E-state index >= 15 is 0 Å². The molecular weight excluding hydrogens is 476 g/mol. The van der Waals surface area contributed by atoms with Crippen LogP contribution in [-0.2, 0) is 0 Å². The largest absolute Gasteiger partial charge is 0.490 e. The second kappa shape index (κ2) is 12.2. The molecule has 0 saturated heterocycles. The molecule has 190 valence electrons. The molecule has 3 aromatic rings. The minimum absolute atomic E-state index is 0.162. The van der Waals surface area contributed by atoms with Gasteiger partial charge in [-0.15, -0.1) is 11.3 Å². The molecule has 0 unspecified atom stereocenters. The number of nitrogens with one attached hydrogen (secondary N) is 1. The third-order valence-electron chi connectivity index (χ3n) is 5.37. The van der Waals surface area contributed by atoms with Crippen LogP contribution in [0.5, 0.6) is 5.75 Å². The number of anilines is 2. The quantitative estimate of drug-likeness (QED) is 0.313. The van der Waals surface area contributed by atoms with Crippen LogP contribution in [0.3, 0.4) is 0 Å². The van der Waals surface area contributed by atoms with E-state index in [0.29, 0.717) is 39.8 Å². The number of nitrogens with two attached hydrogens (primary N) is 2. The summed E-state index contributed by atoms with van der Waals surface area (Å²) in [4.78, 5) is 31.4.